The highest BCUT2D eigenvalue weighted by atomic mass is 16.5. The van der Waals surface area contributed by atoms with E-state index in [9.17, 15) is 4.79 Å². The van der Waals surface area contributed by atoms with E-state index < -0.39 is 0 Å². The Kier molecular flexibility index (Phi) is 5.78. The summed E-state index contributed by atoms with van der Waals surface area (Å²) in [5, 5.41) is 3.97. The fraction of sp³-hybridized carbons (Fsp3) is 0.0909. The quantitative estimate of drug-likeness (QED) is 0.538. The first-order valence-electron chi connectivity index (χ1n) is 8.37. The molecule has 0 saturated heterocycles. The molecule has 3 aromatic carbocycles. The molecule has 0 aliphatic rings. The van der Waals surface area contributed by atoms with Gasteiger partial charge in [0, 0.05) is 0 Å². The van der Waals surface area contributed by atoms with Crippen LogP contribution in [0.1, 0.15) is 11.1 Å². The third-order valence-corrected chi connectivity index (χ3v) is 3.78. The van der Waals surface area contributed by atoms with Crippen LogP contribution in [0.4, 0.5) is 0 Å². The number of hydrogen-bond acceptors (Lipinski definition) is 3. The lowest BCUT2D eigenvalue weighted by Gasteiger charge is -2.05. The van der Waals surface area contributed by atoms with Gasteiger partial charge < -0.3 is 4.74 Å². The van der Waals surface area contributed by atoms with Gasteiger partial charge in [0.1, 0.15) is 5.75 Å². The van der Waals surface area contributed by atoms with E-state index in [1.165, 1.54) is 0 Å². The van der Waals surface area contributed by atoms with E-state index >= 15 is 0 Å². The summed E-state index contributed by atoms with van der Waals surface area (Å²) in [6.45, 7) is 1.90. The molecule has 130 valence electrons. The monoisotopic (exact) mass is 344 g/mol. The number of carbonyl (C=O) groups excluding carboxylic acids is 1. The molecule has 0 saturated carbocycles. The van der Waals surface area contributed by atoms with E-state index in [1.807, 2.05) is 73.7 Å². The molecule has 0 unspecified atom stereocenters. The number of nitrogens with zero attached hydrogens (tertiary/aromatic N) is 1. The molecule has 0 radical (unpaired) electrons. The standard InChI is InChI=1S/C22H20N2O2/c1-17-6-5-9-21(14-17)26-16-22(25)24-23-15-18-10-12-20(13-11-18)19-7-3-2-4-8-19/h2-15H,16H2,1H3,(H,24,25)/b23-15-. The molecule has 26 heavy (non-hydrogen) atoms. The van der Waals surface area contributed by atoms with Crippen LogP contribution in [0.2, 0.25) is 0 Å². The van der Waals surface area contributed by atoms with Gasteiger partial charge in [-0.1, -0.05) is 66.7 Å². The van der Waals surface area contributed by atoms with Crippen LogP contribution >= 0.6 is 0 Å². The second-order valence-electron chi connectivity index (χ2n) is 5.89. The van der Waals surface area contributed by atoms with Crippen molar-refractivity contribution in [2.75, 3.05) is 6.61 Å². The van der Waals surface area contributed by atoms with Crippen LogP contribution < -0.4 is 10.2 Å². The molecule has 4 nitrogen and oxygen atoms in total. The molecule has 0 aromatic heterocycles. The number of hydrogen-bond donors (Lipinski definition) is 1. The molecule has 0 fully saturated rings. The van der Waals surface area contributed by atoms with Crippen LogP contribution in [0.5, 0.6) is 5.75 Å². The molecular weight excluding hydrogens is 324 g/mol. The van der Waals surface area contributed by atoms with Crippen LogP contribution in [-0.2, 0) is 4.79 Å². The van der Waals surface area contributed by atoms with Crippen molar-refractivity contribution in [2.45, 2.75) is 6.92 Å². The van der Waals surface area contributed by atoms with E-state index in [1.54, 1.807) is 6.21 Å². The molecule has 0 aliphatic carbocycles. The van der Waals surface area contributed by atoms with Gasteiger partial charge in [0.15, 0.2) is 6.61 Å². The van der Waals surface area contributed by atoms with Gasteiger partial charge in [0.05, 0.1) is 6.21 Å². The number of carbonyl (C=O) groups is 1. The van der Waals surface area contributed by atoms with E-state index in [2.05, 4.69) is 22.7 Å². The lowest BCUT2D eigenvalue weighted by Crippen LogP contribution is -2.24. The van der Waals surface area contributed by atoms with Crippen molar-refractivity contribution in [2.24, 2.45) is 5.10 Å². The molecule has 0 heterocycles. The topological polar surface area (TPSA) is 50.7 Å². The highest BCUT2D eigenvalue weighted by Crippen LogP contribution is 2.18. The van der Waals surface area contributed by atoms with Crippen molar-refractivity contribution < 1.29 is 9.53 Å². The summed E-state index contributed by atoms with van der Waals surface area (Å²) in [5.41, 5.74) is 6.76. The summed E-state index contributed by atoms with van der Waals surface area (Å²) < 4.78 is 5.43. The lowest BCUT2D eigenvalue weighted by molar-refractivity contribution is -0.123. The van der Waals surface area contributed by atoms with Crippen LogP contribution in [0.3, 0.4) is 0 Å². The fourth-order valence-electron chi connectivity index (χ4n) is 2.46. The summed E-state index contributed by atoms with van der Waals surface area (Å²) in [5.74, 6) is 0.365. The van der Waals surface area contributed by atoms with Gasteiger partial charge in [0.25, 0.3) is 5.91 Å². The number of rotatable bonds is 6. The number of aryl methyl sites for hydroxylation is 1. The van der Waals surface area contributed by atoms with Crippen LogP contribution in [0, 0.1) is 6.92 Å². The second kappa shape index (κ2) is 8.62. The largest absolute Gasteiger partial charge is 0.484 e. The summed E-state index contributed by atoms with van der Waals surface area (Å²) in [6.07, 6.45) is 1.61. The minimum Gasteiger partial charge on any atom is -0.484 e. The number of hydrazone groups is 1. The van der Waals surface area contributed by atoms with Gasteiger partial charge in [-0.05, 0) is 41.3 Å². The van der Waals surface area contributed by atoms with Gasteiger partial charge in [0.2, 0.25) is 0 Å². The maximum atomic E-state index is 11.8. The number of benzene rings is 3. The van der Waals surface area contributed by atoms with Gasteiger partial charge in [-0.15, -0.1) is 0 Å². The predicted octanol–water partition coefficient (Wildman–Crippen LogP) is 4.19. The Morgan fingerprint density at radius 2 is 1.69 bits per heavy atom. The first-order chi connectivity index (χ1) is 12.7. The molecule has 3 rings (SSSR count). The second-order valence-corrected chi connectivity index (χ2v) is 5.89. The molecule has 3 aromatic rings. The van der Waals surface area contributed by atoms with Crippen molar-refractivity contribution in [1.29, 1.82) is 0 Å². The SMILES string of the molecule is Cc1cccc(OCC(=O)N/N=C\c2ccc(-c3ccccc3)cc2)c1. The third-order valence-electron chi connectivity index (χ3n) is 3.78. The molecule has 0 aliphatic heterocycles. The van der Waals surface area contributed by atoms with Gasteiger partial charge in [-0.25, -0.2) is 5.43 Å². The Hall–Kier alpha value is -3.40. The normalized spacial score (nSPS) is 10.7. The van der Waals surface area contributed by atoms with E-state index in [4.69, 9.17) is 4.74 Å². The zero-order valence-corrected chi connectivity index (χ0v) is 14.6. The Labute approximate surface area is 153 Å². The Morgan fingerprint density at radius 1 is 0.962 bits per heavy atom. The van der Waals surface area contributed by atoms with Crippen molar-refractivity contribution in [3.05, 3.63) is 90.0 Å². The average Bonchev–Trinajstić information content (AvgIpc) is 2.68. The highest BCUT2D eigenvalue weighted by Gasteiger charge is 2.01. The zero-order chi connectivity index (χ0) is 18.2. The summed E-state index contributed by atoms with van der Waals surface area (Å²) in [7, 11) is 0. The first-order valence-corrected chi connectivity index (χ1v) is 8.37. The maximum absolute atomic E-state index is 11.8. The predicted molar refractivity (Wildman–Crippen MR) is 104 cm³/mol. The van der Waals surface area contributed by atoms with E-state index in [-0.39, 0.29) is 12.5 Å². The molecule has 0 spiro atoms. The Balaban J connectivity index is 1.49. The maximum Gasteiger partial charge on any atom is 0.277 e. The Bertz CT molecular complexity index is 888. The third kappa shape index (κ3) is 5.05. The van der Waals surface area contributed by atoms with Crippen molar-refractivity contribution in [1.82, 2.24) is 5.43 Å². The lowest BCUT2D eigenvalue weighted by atomic mass is 10.0. The molecule has 4 heteroatoms. The molecule has 0 bridgehead atoms. The zero-order valence-electron chi connectivity index (χ0n) is 14.6. The van der Waals surface area contributed by atoms with E-state index in [0.29, 0.717) is 5.75 Å². The van der Waals surface area contributed by atoms with Crippen molar-refractivity contribution in [3.8, 4) is 16.9 Å². The summed E-state index contributed by atoms with van der Waals surface area (Å²) in [4.78, 5) is 11.8. The molecular formula is C22H20N2O2. The average molecular weight is 344 g/mol. The van der Waals surface area contributed by atoms with Gasteiger partial charge in [-0.3, -0.25) is 4.79 Å². The number of ether oxygens (including phenoxy) is 1. The number of amides is 1. The minimum absolute atomic E-state index is 0.0757. The van der Waals surface area contributed by atoms with Gasteiger partial charge in [-0.2, -0.15) is 5.10 Å². The Morgan fingerprint density at radius 3 is 2.42 bits per heavy atom. The van der Waals surface area contributed by atoms with Gasteiger partial charge >= 0.3 is 0 Å². The highest BCUT2D eigenvalue weighted by molar-refractivity contribution is 5.83. The van der Waals surface area contributed by atoms with Crippen molar-refractivity contribution >= 4 is 12.1 Å². The van der Waals surface area contributed by atoms with Crippen LogP contribution in [0.15, 0.2) is 84.0 Å². The molecule has 1 N–H and O–H groups in total. The minimum atomic E-state index is -0.302. The van der Waals surface area contributed by atoms with E-state index in [0.717, 1.165) is 22.3 Å². The molecule has 0 atom stereocenters. The van der Waals surface area contributed by atoms with Crippen molar-refractivity contribution in [3.63, 3.8) is 0 Å². The first kappa shape index (κ1) is 17.4. The fourth-order valence-corrected chi connectivity index (χ4v) is 2.46. The molecule has 1 amide bonds. The smallest absolute Gasteiger partial charge is 0.277 e. The number of nitrogens with one attached hydrogen (secondary N) is 1. The van der Waals surface area contributed by atoms with Crippen LogP contribution in [0.25, 0.3) is 11.1 Å². The summed E-state index contributed by atoms with van der Waals surface area (Å²) >= 11 is 0. The van der Waals surface area contributed by atoms with Crippen LogP contribution in [-0.4, -0.2) is 18.7 Å². The summed E-state index contributed by atoms with van der Waals surface area (Å²) in [6, 6.07) is 25.7.